The van der Waals surface area contributed by atoms with E-state index in [0.717, 1.165) is 50.1 Å². The number of hydrogen-bond acceptors (Lipinski definition) is 4. The molecule has 3 heterocycles. The molecule has 1 aliphatic heterocycles. The van der Waals surface area contributed by atoms with Crippen LogP contribution in [0.25, 0.3) is 0 Å². The summed E-state index contributed by atoms with van der Waals surface area (Å²) in [7, 11) is 0. The Labute approximate surface area is 157 Å². The first kappa shape index (κ1) is 18.2. The van der Waals surface area contributed by atoms with Crippen LogP contribution in [-0.2, 0) is 25.9 Å². The number of nitrogens with one attached hydrogen (secondary N) is 2. The molecule has 0 saturated carbocycles. The van der Waals surface area contributed by atoms with Gasteiger partial charge in [-0.1, -0.05) is 6.07 Å². The Hall–Kier alpha value is -1.16. The summed E-state index contributed by atoms with van der Waals surface area (Å²) >= 11 is 1.79. The summed E-state index contributed by atoms with van der Waals surface area (Å²) in [5.74, 6) is 2.90. The van der Waals surface area contributed by atoms with Gasteiger partial charge in [0.2, 0.25) is 0 Å². The summed E-state index contributed by atoms with van der Waals surface area (Å²) in [4.78, 5) is 6.01. The second kappa shape index (κ2) is 9.21. The van der Waals surface area contributed by atoms with Gasteiger partial charge in [-0.05, 0) is 31.2 Å². The van der Waals surface area contributed by atoms with Gasteiger partial charge in [0.15, 0.2) is 11.8 Å². The minimum Gasteiger partial charge on any atom is -0.357 e. The predicted octanol–water partition coefficient (Wildman–Crippen LogP) is 2.20. The molecule has 0 fully saturated rings. The van der Waals surface area contributed by atoms with Crippen molar-refractivity contribution in [3.63, 3.8) is 0 Å². The van der Waals surface area contributed by atoms with Crippen LogP contribution in [0.1, 0.15) is 29.9 Å². The molecule has 2 aromatic rings. The third kappa shape index (κ3) is 4.90. The van der Waals surface area contributed by atoms with Crippen LogP contribution in [0.15, 0.2) is 22.5 Å². The highest BCUT2D eigenvalue weighted by molar-refractivity contribution is 14.0. The topological polar surface area (TPSA) is 67.1 Å². The van der Waals surface area contributed by atoms with E-state index in [2.05, 4.69) is 54.8 Å². The fourth-order valence-corrected chi connectivity index (χ4v) is 3.29. The molecule has 3 rings (SSSR count). The maximum absolute atomic E-state index is 4.63. The first-order chi connectivity index (χ1) is 10.9. The fourth-order valence-electron chi connectivity index (χ4n) is 2.58. The van der Waals surface area contributed by atoms with Gasteiger partial charge in [-0.2, -0.15) is 0 Å². The number of thiophene rings is 1. The van der Waals surface area contributed by atoms with E-state index in [9.17, 15) is 0 Å². The van der Waals surface area contributed by atoms with E-state index < -0.39 is 0 Å². The van der Waals surface area contributed by atoms with Crippen LogP contribution in [-0.4, -0.2) is 33.8 Å². The van der Waals surface area contributed by atoms with Crippen LogP contribution in [0, 0.1) is 0 Å². The van der Waals surface area contributed by atoms with Gasteiger partial charge in [-0.3, -0.25) is 0 Å². The van der Waals surface area contributed by atoms with E-state index in [4.69, 9.17) is 0 Å². The van der Waals surface area contributed by atoms with Crippen molar-refractivity contribution in [3.8, 4) is 0 Å². The van der Waals surface area contributed by atoms with E-state index in [-0.39, 0.29) is 24.0 Å². The van der Waals surface area contributed by atoms with Crippen LogP contribution in [0.5, 0.6) is 0 Å². The number of aromatic nitrogens is 3. The normalized spacial score (nSPS) is 13.5. The summed E-state index contributed by atoms with van der Waals surface area (Å²) in [5, 5.41) is 17.2. The van der Waals surface area contributed by atoms with Gasteiger partial charge in [-0.25, -0.2) is 4.99 Å². The van der Waals surface area contributed by atoms with Crippen molar-refractivity contribution >= 4 is 41.3 Å². The summed E-state index contributed by atoms with van der Waals surface area (Å²) in [6.07, 6.45) is 3.22. The summed E-state index contributed by atoms with van der Waals surface area (Å²) in [6.45, 7) is 5.40. The second-order valence-electron chi connectivity index (χ2n) is 5.24. The first-order valence-corrected chi connectivity index (χ1v) is 8.70. The minimum absolute atomic E-state index is 0. The summed E-state index contributed by atoms with van der Waals surface area (Å²) in [5.41, 5.74) is 0. The standard InChI is InChI=1S/C15H22N6S.HI/c1-2-16-15(17-8-7-12-5-4-10-22-12)18-11-14-20-19-13-6-3-9-21(13)14;/h4-5,10H,2-3,6-9,11H2,1H3,(H2,16,17,18);1H. The number of fused-ring (bicyclic) bond motifs is 1. The SMILES string of the molecule is CCNC(=NCc1nnc2n1CCC2)NCCc1cccs1.I. The number of halogens is 1. The Kier molecular flexibility index (Phi) is 7.28. The molecule has 6 nitrogen and oxygen atoms in total. The first-order valence-electron chi connectivity index (χ1n) is 7.82. The van der Waals surface area contributed by atoms with Gasteiger partial charge >= 0.3 is 0 Å². The van der Waals surface area contributed by atoms with E-state index in [1.54, 1.807) is 11.3 Å². The van der Waals surface area contributed by atoms with Crippen LogP contribution in [0.3, 0.4) is 0 Å². The minimum atomic E-state index is 0. The van der Waals surface area contributed by atoms with Crippen molar-refractivity contribution in [1.29, 1.82) is 0 Å². The largest absolute Gasteiger partial charge is 0.357 e. The Morgan fingerprint density at radius 2 is 2.30 bits per heavy atom. The van der Waals surface area contributed by atoms with Crippen molar-refractivity contribution < 1.29 is 0 Å². The lowest BCUT2D eigenvalue weighted by Gasteiger charge is -2.10. The Bertz CT molecular complexity index is 622. The molecule has 23 heavy (non-hydrogen) atoms. The van der Waals surface area contributed by atoms with Crippen LogP contribution < -0.4 is 10.6 Å². The maximum Gasteiger partial charge on any atom is 0.191 e. The molecule has 1 aliphatic rings. The van der Waals surface area contributed by atoms with Crippen LogP contribution >= 0.6 is 35.3 Å². The number of nitrogens with zero attached hydrogens (tertiary/aromatic N) is 4. The molecule has 0 amide bonds. The number of guanidine groups is 1. The van der Waals surface area contributed by atoms with Gasteiger partial charge in [0.05, 0.1) is 0 Å². The van der Waals surface area contributed by atoms with Crippen LogP contribution in [0.4, 0.5) is 0 Å². The molecule has 0 unspecified atom stereocenters. The molecule has 0 bridgehead atoms. The molecule has 0 atom stereocenters. The number of rotatable bonds is 6. The lowest BCUT2D eigenvalue weighted by molar-refractivity contribution is 0.684. The average molecular weight is 446 g/mol. The molecular weight excluding hydrogens is 423 g/mol. The Balaban J connectivity index is 0.00000192. The summed E-state index contributed by atoms with van der Waals surface area (Å²) < 4.78 is 2.19. The Morgan fingerprint density at radius 1 is 1.39 bits per heavy atom. The van der Waals surface area contributed by atoms with E-state index in [1.165, 1.54) is 11.3 Å². The highest BCUT2D eigenvalue weighted by Crippen LogP contribution is 2.14. The third-order valence-electron chi connectivity index (χ3n) is 3.65. The highest BCUT2D eigenvalue weighted by atomic mass is 127. The highest BCUT2D eigenvalue weighted by Gasteiger charge is 2.16. The van der Waals surface area contributed by atoms with Crippen molar-refractivity contribution in [1.82, 2.24) is 25.4 Å². The quantitative estimate of drug-likeness (QED) is 0.406. The van der Waals surface area contributed by atoms with E-state index in [1.807, 2.05) is 0 Å². The molecule has 0 saturated heterocycles. The zero-order valence-electron chi connectivity index (χ0n) is 13.3. The molecule has 0 aromatic carbocycles. The zero-order chi connectivity index (χ0) is 15.2. The number of hydrogen-bond donors (Lipinski definition) is 2. The Morgan fingerprint density at radius 3 is 3.09 bits per heavy atom. The van der Waals surface area contributed by atoms with Crippen molar-refractivity contribution in [2.24, 2.45) is 4.99 Å². The van der Waals surface area contributed by atoms with Gasteiger partial charge in [0.1, 0.15) is 12.4 Å². The van der Waals surface area contributed by atoms with Crippen molar-refractivity contribution in [2.45, 2.75) is 39.3 Å². The second-order valence-corrected chi connectivity index (χ2v) is 6.27. The van der Waals surface area contributed by atoms with Crippen molar-refractivity contribution in [2.75, 3.05) is 13.1 Å². The average Bonchev–Trinajstić information content (AvgIpc) is 3.23. The molecular formula is C15H23IN6S. The fraction of sp³-hybridized carbons (Fsp3) is 0.533. The summed E-state index contributed by atoms with van der Waals surface area (Å²) in [6, 6.07) is 4.25. The predicted molar refractivity (Wildman–Crippen MR) is 105 cm³/mol. The van der Waals surface area contributed by atoms with Gasteiger partial charge in [0, 0.05) is 30.9 Å². The molecule has 0 spiro atoms. The number of aliphatic imine (C=N–C) groups is 1. The van der Waals surface area contributed by atoms with Crippen molar-refractivity contribution in [3.05, 3.63) is 34.0 Å². The van der Waals surface area contributed by atoms with E-state index >= 15 is 0 Å². The lowest BCUT2D eigenvalue weighted by atomic mass is 10.3. The zero-order valence-corrected chi connectivity index (χ0v) is 16.4. The van der Waals surface area contributed by atoms with Crippen LogP contribution in [0.2, 0.25) is 0 Å². The van der Waals surface area contributed by atoms with Gasteiger partial charge in [-0.15, -0.1) is 45.5 Å². The monoisotopic (exact) mass is 446 g/mol. The maximum atomic E-state index is 4.63. The molecule has 8 heteroatoms. The lowest BCUT2D eigenvalue weighted by Crippen LogP contribution is -2.38. The van der Waals surface area contributed by atoms with E-state index in [0.29, 0.717) is 6.54 Å². The third-order valence-corrected chi connectivity index (χ3v) is 4.59. The molecule has 0 radical (unpaired) electrons. The number of aryl methyl sites for hydroxylation is 1. The smallest absolute Gasteiger partial charge is 0.191 e. The van der Waals surface area contributed by atoms with Gasteiger partial charge < -0.3 is 15.2 Å². The van der Waals surface area contributed by atoms with Gasteiger partial charge in [0.25, 0.3) is 0 Å². The molecule has 0 aliphatic carbocycles. The molecule has 126 valence electrons. The molecule has 2 aromatic heterocycles. The molecule has 2 N–H and O–H groups in total.